The number of anilines is 1. The van der Waals surface area contributed by atoms with Gasteiger partial charge in [0.15, 0.2) is 5.82 Å². The topological polar surface area (TPSA) is 52.6 Å². The standard InChI is InChI=1S/C24H24ClF4N5O/c25-21-4-1-16(9-20(21)24(27,28)29)15-5-7-32(8-6-15)14-22(35)33-12-18-2-3-19(13-33)34(18)23-30-10-17(26)11-31-23/h1,4-5,9-11,18-19H,2-3,6-8,12-14H2. The average molecular weight is 510 g/mol. The van der Waals surface area contributed by atoms with E-state index in [0.29, 0.717) is 44.1 Å². The summed E-state index contributed by atoms with van der Waals surface area (Å²) in [5, 5.41) is -0.315. The van der Waals surface area contributed by atoms with Crippen LogP contribution in [0.1, 0.15) is 30.4 Å². The molecular formula is C24H24ClF4N5O. The number of nitrogens with zero attached hydrogens (tertiary/aromatic N) is 5. The molecule has 2 saturated heterocycles. The van der Waals surface area contributed by atoms with Crippen molar-refractivity contribution in [1.82, 2.24) is 19.8 Å². The van der Waals surface area contributed by atoms with Crippen LogP contribution in [0.4, 0.5) is 23.5 Å². The molecule has 0 saturated carbocycles. The van der Waals surface area contributed by atoms with Crippen molar-refractivity contribution >= 4 is 29.0 Å². The number of likely N-dealkylation sites (tertiary alicyclic amines) is 1. The molecule has 1 aromatic heterocycles. The summed E-state index contributed by atoms with van der Waals surface area (Å²) in [5.41, 5.74) is 0.486. The molecule has 2 bridgehead atoms. The predicted octanol–water partition coefficient (Wildman–Crippen LogP) is 4.26. The van der Waals surface area contributed by atoms with Crippen molar-refractivity contribution in [3.63, 3.8) is 0 Å². The van der Waals surface area contributed by atoms with Gasteiger partial charge in [0.25, 0.3) is 0 Å². The molecule has 186 valence electrons. The first kappa shape index (κ1) is 24.0. The highest BCUT2D eigenvalue weighted by Gasteiger charge is 2.42. The van der Waals surface area contributed by atoms with Crippen LogP contribution in [0, 0.1) is 5.82 Å². The molecule has 0 aliphatic carbocycles. The number of amides is 1. The summed E-state index contributed by atoms with van der Waals surface area (Å²) >= 11 is 5.73. The molecule has 2 unspecified atom stereocenters. The fourth-order valence-electron chi connectivity index (χ4n) is 5.22. The molecule has 0 spiro atoms. The van der Waals surface area contributed by atoms with E-state index in [1.54, 1.807) is 6.07 Å². The first-order chi connectivity index (χ1) is 16.7. The Hall–Kier alpha value is -2.72. The third-order valence-electron chi connectivity index (χ3n) is 6.97. The fraction of sp³-hybridized carbons (Fsp3) is 0.458. The Balaban J connectivity index is 1.19. The summed E-state index contributed by atoms with van der Waals surface area (Å²) in [5.74, 6) is 0.0466. The Kier molecular flexibility index (Phi) is 6.43. The largest absolute Gasteiger partial charge is 0.417 e. The van der Waals surface area contributed by atoms with Gasteiger partial charge in [-0.2, -0.15) is 13.2 Å². The van der Waals surface area contributed by atoms with Gasteiger partial charge in [-0.3, -0.25) is 9.69 Å². The zero-order valence-electron chi connectivity index (χ0n) is 18.8. The van der Waals surface area contributed by atoms with E-state index >= 15 is 0 Å². The maximum absolute atomic E-state index is 13.2. The Morgan fingerprint density at radius 2 is 1.80 bits per heavy atom. The van der Waals surface area contributed by atoms with Gasteiger partial charge >= 0.3 is 6.18 Å². The van der Waals surface area contributed by atoms with Crippen molar-refractivity contribution in [1.29, 1.82) is 0 Å². The lowest BCUT2D eigenvalue weighted by Crippen LogP contribution is -2.57. The third kappa shape index (κ3) is 4.99. The van der Waals surface area contributed by atoms with E-state index in [2.05, 4.69) is 14.9 Å². The molecule has 3 aliphatic rings. The van der Waals surface area contributed by atoms with Gasteiger partial charge in [-0.25, -0.2) is 14.4 Å². The van der Waals surface area contributed by atoms with E-state index in [4.69, 9.17) is 11.6 Å². The zero-order valence-corrected chi connectivity index (χ0v) is 19.6. The minimum Gasteiger partial charge on any atom is -0.337 e. The summed E-state index contributed by atoms with van der Waals surface area (Å²) in [6.07, 6.45) is 2.09. The Morgan fingerprint density at radius 1 is 1.11 bits per heavy atom. The van der Waals surface area contributed by atoms with Gasteiger partial charge in [0.05, 0.1) is 29.5 Å². The van der Waals surface area contributed by atoms with Crippen molar-refractivity contribution in [2.45, 2.75) is 37.5 Å². The molecule has 1 amide bonds. The van der Waals surface area contributed by atoms with Crippen LogP contribution in [-0.4, -0.2) is 70.5 Å². The van der Waals surface area contributed by atoms with E-state index in [1.165, 1.54) is 6.07 Å². The van der Waals surface area contributed by atoms with Gasteiger partial charge in [0.2, 0.25) is 11.9 Å². The van der Waals surface area contributed by atoms with E-state index in [0.717, 1.165) is 36.9 Å². The number of hydrogen-bond acceptors (Lipinski definition) is 5. The lowest BCUT2D eigenvalue weighted by Gasteiger charge is -2.41. The predicted molar refractivity (Wildman–Crippen MR) is 123 cm³/mol. The van der Waals surface area contributed by atoms with Crippen LogP contribution in [0.2, 0.25) is 5.02 Å². The van der Waals surface area contributed by atoms with Crippen LogP contribution in [-0.2, 0) is 11.0 Å². The van der Waals surface area contributed by atoms with Gasteiger partial charge in [0, 0.05) is 38.3 Å². The van der Waals surface area contributed by atoms with Crippen molar-refractivity contribution in [3.05, 3.63) is 58.6 Å². The minimum absolute atomic E-state index is 0.0317. The summed E-state index contributed by atoms with van der Waals surface area (Å²) in [7, 11) is 0. The number of fused-ring (bicyclic) bond motifs is 2. The van der Waals surface area contributed by atoms with Gasteiger partial charge in [-0.05, 0) is 42.5 Å². The number of rotatable bonds is 4. The molecule has 4 heterocycles. The number of benzene rings is 1. The van der Waals surface area contributed by atoms with Crippen LogP contribution in [0.5, 0.6) is 0 Å². The molecule has 0 N–H and O–H groups in total. The van der Waals surface area contributed by atoms with Gasteiger partial charge in [-0.1, -0.05) is 23.7 Å². The Morgan fingerprint density at radius 3 is 2.40 bits per heavy atom. The maximum Gasteiger partial charge on any atom is 0.417 e. The first-order valence-electron chi connectivity index (χ1n) is 11.5. The molecule has 11 heteroatoms. The quantitative estimate of drug-likeness (QED) is 0.577. The molecule has 5 rings (SSSR count). The molecule has 2 fully saturated rings. The molecular weight excluding hydrogens is 486 g/mol. The molecule has 3 aliphatic heterocycles. The number of carbonyl (C=O) groups is 1. The first-order valence-corrected chi connectivity index (χ1v) is 11.9. The van der Waals surface area contributed by atoms with Crippen LogP contribution in [0.15, 0.2) is 36.7 Å². The minimum atomic E-state index is -4.51. The molecule has 35 heavy (non-hydrogen) atoms. The van der Waals surface area contributed by atoms with Gasteiger partial charge in [-0.15, -0.1) is 0 Å². The average Bonchev–Trinajstić information content (AvgIpc) is 3.08. The van der Waals surface area contributed by atoms with Gasteiger partial charge < -0.3 is 9.80 Å². The number of halogens is 5. The highest BCUT2D eigenvalue weighted by molar-refractivity contribution is 6.31. The van der Waals surface area contributed by atoms with E-state index in [-0.39, 0.29) is 29.6 Å². The smallest absolute Gasteiger partial charge is 0.337 e. The highest BCUT2D eigenvalue weighted by atomic mass is 35.5. The van der Waals surface area contributed by atoms with Crippen molar-refractivity contribution in [2.75, 3.05) is 37.6 Å². The third-order valence-corrected chi connectivity index (χ3v) is 7.30. The second kappa shape index (κ2) is 9.39. The number of hydrogen-bond donors (Lipinski definition) is 0. The van der Waals surface area contributed by atoms with Crippen LogP contribution in [0.3, 0.4) is 0 Å². The number of aromatic nitrogens is 2. The van der Waals surface area contributed by atoms with Crippen molar-refractivity contribution in [2.24, 2.45) is 0 Å². The maximum atomic E-state index is 13.2. The van der Waals surface area contributed by atoms with Crippen molar-refractivity contribution in [3.8, 4) is 0 Å². The fourth-order valence-corrected chi connectivity index (χ4v) is 5.45. The van der Waals surface area contributed by atoms with E-state index < -0.39 is 17.6 Å². The molecule has 2 atom stereocenters. The van der Waals surface area contributed by atoms with E-state index in [1.807, 2.05) is 15.9 Å². The molecule has 6 nitrogen and oxygen atoms in total. The highest BCUT2D eigenvalue weighted by Crippen LogP contribution is 2.37. The lowest BCUT2D eigenvalue weighted by atomic mass is 9.97. The van der Waals surface area contributed by atoms with Crippen LogP contribution < -0.4 is 4.90 Å². The lowest BCUT2D eigenvalue weighted by molar-refractivity contribution is -0.137. The van der Waals surface area contributed by atoms with Crippen LogP contribution in [0.25, 0.3) is 5.57 Å². The monoisotopic (exact) mass is 509 g/mol. The second-order valence-electron chi connectivity index (χ2n) is 9.20. The van der Waals surface area contributed by atoms with Crippen molar-refractivity contribution < 1.29 is 22.4 Å². The molecule has 1 aromatic carbocycles. The SMILES string of the molecule is O=C(CN1CC=C(c2ccc(Cl)c(C(F)(F)F)c2)CC1)N1CC2CCC(C1)N2c1ncc(F)cn1. The normalized spacial score (nSPS) is 22.9. The van der Waals surface area contributed by atoms with Crippen LogP contribution >= 0.6 is 11.6 Å². The number of carbonyl (C=O) groups excluding carboxylic acids is 1. The summed E-state index contributed by atoms with van der Waals surface area (Å²) in [6.45, 7) is 2.45. The molecule has 0 radical (unpaired) electrons. The summed E-state index contributed by atoms with van der Waals surface area (Å²) in [4.78, 5) is 27.2. The summed E-state index contributed by atoms with van der Waals surface area (Å²) < 4.78 is 52.8. The van der Waals surface area contributed by atoms with E-state index in [9.17, 15) is 22.4 Å². The zero-order chi connectivity index (χ0) is 24.7. The summed E-state index contributed by atoms with van der Waals surface area (Å²) in [6, 6.07) is 4.17. The Bertz CT molecular complexity index is 1130. The van der Waals surface area contributed by atoms with Gasteiger partial charge in [0.1, 0.15) is 0 Å². The Labute approximate surface area is 205 Å². The second-order valence-corrected chi connectivity index (χ2v) is 9.61. The number of piperazine rings is 1. The number of alkyl halides is 3. The molecule has 2 aromatic rings.